The van der Waals surface area contributed by atoms with E-state index in [9.17, 15) is 14.4 Å². The summed E-state index contributed by atoms with van der Waals surface area (Å²) in [4.78, 5) is 42.2. The first-order valence-electron chi connectivity index (χ1n) is 10.6. The Kier molecular flexibility index (Phi) is 4.33. The molecule has 6 heteroatoms. The van der Waals surface area contributed by atoms with Crippen molar-refractivity contribution in [2.24, 2.45) is 23.2 Å². The summed E-state index contributed by atoms with van der Waals surface area (Å²) in [7, 11) is 0. The predicted molar refractivity (Wildman–Crippen MR) is 107 cm³/mol. The second-order valence-corrected chi connectivity index (χ2v) is 9.43. The van der Waals surface area contributed by atoms with Crippen LogP contribution in [0.25, 0.3) is 10.9 Å². The fourth-order valence-electron chi connectivity index (χ4n) is 6.39. The Morgan fingerprint density at radius 2 is 1.79 bits per heavy atom. The van der Waals surface area contributed by atoms with E-state index in [1.807, 2.05) is 13.0 Å². The summed E-state index contributed by atoms with van der Waals surface area (Å²) < 4.78 is 6.56. The van der Waals surface area contributed by atoms with E-state index in [-0.39, 0.29) is 29.9 Å². The van der Waals surface area contributed by atoms with Crippen molar-refractivity contribution in [1.82, 2.24) is 9.55 Å². The van der Waals surface area contributed by atoms with Gasteiger partial charge in [-0.3, -0.25) is 19.0 Å². The normalized spacial score (nSPS) is 29.9. The van der Waals surface area contributed by atoms with Crippen LogP contribution in [0.2, 0.25) is 0 Å². The average molecular weight is 394 g/mol. The van der Waals surface area contributed by atoms with Gasteiger partial charge in [-0.05, 0) is 74.8 Å². The second kappa shape index (κ2) is 6.78. The zero-order chi connectivity index (χ0) is 20.2. The van der Waals surface area contributed by atoms with Crippen molar-refractivity contribution in [2.75, 3.05) is 6.61 Å². The van der Waals surface area contributed by atoms with E-state index < -0.39 is 5.97 Å². The largest absolute Gasteiger partial charge is 0.456 e. The molecule has 4 saturated carbocycles. The lowest BCUT2D eigenvalue weighted by atomic mass is 9.48. The molecular weight excluding hydrogens is 368 g/mol. The molecule has 0 saturated heterocycles. The number of hydrogen-bond acceptors (Lipinski definition) is 5. The molecule has 152 valence electrons. The standard InChI is InChI=1S/C23H26N2O4/c1-14-3-2-4-18-21(14)24-13-25(22(18)28)11-20(27)29-12-19(26)23-8-15-5-16(9-23)7-17(6-15)10-23/h2-4,13,15-17H,5-12H2,1H3. The van der Waals surface area contributed by atoms with Gasteiger partial charge < -0.3 is 4.74 Å². The summed E-state index contributed by atoms with van der Waals surface area (Å²) in [5.41, 5.74) is 1.01. The molecule has 1 heterocycles. The number of para-hydroxylation sites is 1. The number of carbonyl (C=O) groups is 2. The fraction of sp³-hybridized carbons (Fsp3) is 0.565. The number of ketones is 1. The lowest BCUT2D eigenvalue weighted by Gasteiger charge is -2.55. The first-order valence-corrected chi connectivity index (χ1v) is 10.6. The molecule has 29 heavy (non-hydrogen) atoms. The van der Waals surface area contributed by atoms with Gasteiger partial charge in [-0.25, -0.2) is 4.98 Å². The number of carbonyl (C=O) groups excluding carboxylic acids is 2. The zero-order valence-electron chi connectivity index (χ0n) is 16.7. The molecule has 0 atom stereocenters. The van der Waals surface area contributed by atoms with Gasteiger partial charge in [0.25, 0.3) is 5.56 Å². The highest BCUT2D eigenvalue weighted by molar-refractivity contribution is 5.88. The third-order valence-electron chi connectivity index (χ3n) is 7.35. The number of ether oxygens (including phenoxy) is 1. The number of hydrogen-bond donors (Lipinski definition) is 0. The molecule has 0 N–H and O–H groups in total. The highest BCUT2D eigenvalue weighted by Gasteiger charge is 2.54. The van der Waals surface area contributed by atoms with Crippen LogP contribution in [0, 0.1) is 30.1 Å². The molecule has 0 amide bonds. The van der Waals surface area contributed by atoms with Crippen LogP contribution < -0.4 is 5.56 Å². The Morgan fingerprint density at radius 1 is 1.14 bits per heavy atom. The molecule has 6 rings (SSSR count). The molecule has 0 radical (unpaired) electrons. The van der Waals surface area contributed by atoms with Crippen molar-refractivity contribution in [3.8, 4) is 0 Å². The smallest absolute Gasteiger partial charge is 0.326 e. The SMILES string of the molecule is Cc1cccc2c(=O)n(CC(=O)OCC(=O)C34CC5CC(CC(C5)C3)C4)cnc12. The summed E-state index contributed by atoms with van der Waals surface area (Å²) in [6.45, 7) is 1.48. The van der Waals surface area contributed by atoms with Gasteiger partial charge in [-0.1, -0.05) is 12.1 Å². The maximum atomic E-state index is 13.0. The number of fused-ring (bicyclic) bond motifs is 1. The van der Waals surface area contributed by atoms with Gasteiger partial charge in [0.2, 0.25) is 0 Å². The van der Waals surface area contributed by atoms with E-state index in [0.29, 0.717) is 28.7 Å². The quantitative estimate of drug-likeness (QED) is 0.729. The zero-order valence-corrected chi connectivity index (χ0v) is 16.7. The van der Waals surface area contributed by atoms with Crippen LogP contribution in [0.3, 0.4) is 0 Å². The Hall–Kier alpha value is -2.50. The van der Waals surface area contributed by atoms with E-state index in [1.165, 1.54) is 30.2 Å². The Bertz CT molecular complexity index is 1020. The van der Waals surface area contributed by atoms with Crippen LogP contribution >= 0.6 is 0 Å². The minimum Gasteiger partial charge on any atom is -0.456 e. The van der Waals surface area contributed by atoms with Gasteiger partial charge in [0.05, 0.1) is 17.2 Å². The summed E-state index contributed by atoms with van der Waals surface area (Å²) in [5, 5.41) is 0.477. The van der Waals surface area contributed by atoms with Crippen LogP contribution in [0.1, 0.15) is 44.1 Å². The summed E-state index contributed by atoms with van der Waals surface area (Å²) >= 11 is 0. The first-order chi connectivity index (χ1) is 13.9. The lowest BCUT2D eigenvalue weighted by Crippen LogP contribution is -2.51. The van der Waals surface area contributed by atoms with Gasteiger partial charge in [-0.2, -0.15) is 0 Å². The van der Waals surface area contributed by atoms with Gasteiger partial charge in [0, 0.05) is 5.41 Å². The monoisotopic (exact) mass is 394 g/mol. The molecule has 4 bridgehead atoms. The minimum absolute atomic E-state index is 0.0737. The molecule has 2 aromatic rings. The van der Waals surface area contributed by atoms with E-state index in [4.69, 9.17) is 4.74 Å². The third kappa shape index (κ3) is 3.18. The first kappa shape index (κ1) is 18.5. The van der Waals surface area contributed by atoms with Crippen LogP contribution in [0.15, 0.2) is 29.3 Å². The predicted octanol–water partition coefficient (Wildman–Crippen LogP) is 3.03. The number of esters is 1. The molecule has 1 aromatic heterocycles. The molecule has 4 fully saturated rings. The summed E-state index contributed by atoms with van der Waals surface area (Å²) in [6.07, 6.45) is 8.06. The summed E-state index contributed by atoms with van der Waals surface area (Å²) in [5.74, 6) is 1.52. The molecule has 1 aromatic carbocycles. The highest BCUT2D eigenvalue weighted by Crippen LogP contribution is 2.60. The van der Waals surface area contributed by atoms with Crippen LogP contribution in [-0.4, -0.2) is 27.9 Å². The van der Waals surface area contributed by atoms with Crippen molar-refractivity contribution in [3.05, 3.63) is 40.4 Å². The minimum atomic E-state index is -0.570. The number of Topliss-reactive ketones (excluding diaryl/α,β-unsaturated/α-hetero) is 1. The molecule has 4 aliphatic carbocycles. The summed E-state index contributed by atoms with van der Waals surface area (Å²) in [6, 6.07) is 5.40. The van der Waals surface area contributed by atoms with Crippen LogP contribution in [0.4, 0.5) is 0 Å². The van der Waals surface area contributed by atoms with Gasteiger partial charge in [-0.15, -0.1) is 0 Å². The number of aromatic nitrogens is 2. The molecule has 4 aliphatic rings. The third-order valence-corrected chi connectivity index (χ3v) is 7.35. The number of rotatable bonds is 5. The fourth-order valence-corrected chi connectivity index (χ4v) is 6.39. The van der Waals surface area contributed by atoms with Gasteiger partial charge in [0.15, 0.2) is 12.4 Å². The van der Waals surface area contributed by atoms with E-state index in [1.54, 1.807) is 12.1 Å². The second-order valence-electron chi connectivity index (χ2n) is 9.43. The Balaban J connectivity index is 1.25. The van der Waals surface area contributed by atoms with Crippen molar-refractivity contribution < 1.29 is 14.3 Å². The topological polar surface area (TPSA) is 78.3 Å². The van der Waals surface area contributed by atoms with Crippen LogP contribution in [0.5, 0.6) is 0 Å². The highest BCUT2D eigenvalue weighted by atomic mass is 16.5. The molecule has 0 spiro atoms. The van der Waals surface area contributed by atoms with Gasteiger partial charge >= 0.3 is 5.97 Å². The maximum Gasteiger partial charge on any atom is 0.326 e. The number of nitrogens with zero attached hydrogens (tertiary/aromatic N) is 2. The van der Waals surface area contributed by atoms with Crippen molar-refractivity contribution >= 4 is 22.7 Å². The van der Waals surface area contributed by atoms with Crippen molar-refractivity contribution in [1.29, 1.82) is 0 Å². The molecule has 0 unspecified atom stereocenters. The number of benzene rings is 1. The maximum absolute atomic E-state index is 13.0. The van der Waals surface area contributed by atoms with Crippen LogP contribution in [-0.2, 0) is 20.9 Å². The van der Waals surface area contributed by atoms with E-state index in [2.05, 4.69) is 4.98 Å². The Morgan fingerprint density at radius 3 is 2.45 bits per heavy atom. The molecule has 6 nitrogen and oxygen atoms in total. The van der Waals surface area contributed by atoms with Crippen molar-refractivity contribution in [3.63, 3.8) is 0 Å². The lowest BCUT2D eigenvalue weighted by molar-refractivity contribution is -0.158. The molecular formula is C23H26N2O4. The Labute approximate surface area is 169 Å². The van der Waals surface area contributed by atoms with E-state index in [0.717, 1.165) is 24.8 Å². The molecule has 0 aliphatic heterocycles. The van der Waals surface area contributed by atoms with Gasteiger partial charge in [0.1, 0.15) is 6.54 Å². The van der Waals surface area contributed by atoms with Crippen molar-refractivity contribution in [2.45, 2.75) is 52.0 Å². The van der Waals surface area contributed by atoms with E-state index >= 15 is 0 Å². The average Bonchev–Trinajstić information content (AvgIpc) is 2.68. The number of aryl methyl sites for hydroxylation is 1.